The summed E-state index contributed by atoms with van der Waals surface area (Å²) in [6.07, 6.45) is -1.14. The van der Waals surface area contributed by atoms with Gasteiger partial charge in [0.05, 0.1) is 30.5 Å². The van der Waals surface area contributed by atoms with Crippen LogP contribution in [0.5, 0.6) is 0 Å². The molecular weight excluding hydrogens is 545 g/mol. The van der Waals surface area contributed by atoms with Gasteiger partial charge < -0.3 is 9.47 Å². The summed E-state index contributed by atoms with van der Waals surface area (Å²) in [6.45, 7) is 2.96. The van der Waals surface area contributed by atoms with Gasteiger partial charge in [0.2, 0.25) is 0 Å². The van der Waals surface area contributed by atoms with Gasteiger partial charge >= 0.3 is 6.18 Å². The summed E-state index contributed by atoms with van der Waals surface area (Å²) in [4.78, 5) is 14.3. The van der Waals surface area contributed by atoms with Crippen LogP contribution in [0, 0.1) is 11.3 Å². The third-order valence-electron chi connectivity index (χ3n) is 8.38. The number of rotatable bonds is 6. The predicted octanol–water partition coefficient (Wildman–Crippen LogP) is 6.45. The standard InChI is InChI=1S/C32H31F3N4O3/c1-2-5-27-26(18-21-8-10-22(11-9-21)25-7-4-3-6-23(25)20-36)30(40)38(29-19-28(32(33,34)35)37-39(27)29)24-12-14-31(15-13-24)41-16-17-42-31/h3-4,6-11,19,24H,2,5,12-18H2,1H3. The largest absolute Gasteiger partial charge is 0.435 e. The third-order valence-corrected chi connectivity index (χ3v) is 8.38. The van der Waals surface area contributed by atoms with E-state index < -0.39 is 17.7 Å². The lowest BCUT2D eigenvalue weighted by molar-refractivity contribution is -0.181. The third kappa shape index (κ3) is 5.12. The summed E-state index contributed by atoms with van der Waals surface area (Å²) in [6, 6.07) is 17.8. The van der Waals surface area contributed by atoms with E-state index in [0.717, 1.165) is 22.8 Å². The summed E-state index contributed by atoms with van der Waals surface area (Å²) < 4.78 is 56.2. The van der Waals surface area contributed by atoms with Crippen LogP contribution in [0.25, 0.3) is 16.8 Å². The maximum Gasteiger partial charge on any atom is 0.435 e. The van der Waals surface area contributed by atoms with Gasteiger partial charge in [0.1, 0.15) is 5.65 Å². The van der Waals surface area contributed by atoms with Crippen LogP contribution in [0.15, 0.2) is 59.4 Å². The number of aryl methyl sites for hydroxylation is 1. The molecular formula is C32H31F3N4O3. The Morgan fingerprint density at radius 1 is 1.07 bits per heavy atom. The van der Waals surface area contributed by atoms with Crippen molar-refractivity contribution in [1.82, 2.24) is 14.2 Å². The minimum atomic E-state index is -4.64. The Hall–Kier alpha value is -3.94. The first-order valence-corrected chi connectivity index (χ1v) is 14.3. The van der Waals surface area contributed by atoms with Crippen LogP contribution in [-0.4, -0.2) is 33.2 Å². The van der Waals surface area contributed by atoms with Crippen molar-refractivity contribution in [2.75, 3.05) is 13.2 Å². The topological polar surface area (TPSA) is 81.5 Å². The molecule has 0 radical (unpaired) electrons. The molecule has 7 nitrogen and oxygen atoms in total. The molecule has 1 saturated carbocycles. The van der Waals surface area contributed by atoms with Crippen LogP contribution in [0.2, 0.25) is 0 Å². The highest BCUT2D eigenvalue weighted by Crippen LogP contribution is 2.41. The molecule has 2 aromatic heterocycles. The molecule has 1 aliphatic heterocycles. The Bertz CT molecular complexity index is 1700. The summed E-state index contributed by atoms with van der Waals surface area (Å²) in [7, 11) is 0. The molecule has 3 heterocycles. The number of nitrogens with zero attached hydrogens (tertiary/aromatic N) is 4. The quantitative estimate of drug-likeness (QED) is 0.263. The molecule has 1 aliphatic carbocycles. The van der Waals surface area contributed by atoms with Gasteiger partial charge in [-0.15, -0.1) is 0 Å². The molecule has 42 heavy (non-hydrogen) atoms. The SMILES string of the molecule is CCCc1c(Cc2ccc(-c3ccccc3C#N)cc2)c(=O)n(C2CCC3(CC2)OCCO3)c2cc(C(F)(F)F)nn12. The number of nitriles is 1. The summed E-state index contributed by atoms with van der Waals surface area (Å²) >= 11 is 0. The molecule has 2 aromatic carbocycles. The Labute approximate surface area is 241 Å². The number of hydrogen-bond acceptors (Lipinski definition) is 5. The van der Waals surface area contributed by atoms with Gasteiger partial charge in [-0.1, -0.05) is 55.8 Å². The maximum atomic E-state index is 14.3. The number of benzene rings is 2. The van der Waals surface area contributed by atoms with E-state index in [0.29, 0.717) is 68.6 Å². The van der Waals surface area contributed by atoms with E-state index in [1.54, 1.807) is 6.07 Å². The van der Waals surface area contributed by atoms with E-state index >= 15 is 0 Å². The number of aromatic nitrogens is 3. The average Bonchev–Trinajstić information content (AvgIpc) is 3.64. The molecule has 218 valence electrons. The van der Waals surface area contributed by atoms with E-state index in [1.807, 2.05) is 49.4 Å². The second kappa shape index (κ2) is 11.0. The van der Waals surface area contributed by atoms with Gasteiger partial charge in [0, 0.05) is 36.9 Å². The molecule has 0 bridgehead atoms. The first kappa shape index (κ1) is 28.2. The summed E-state index contributed by atoms with van der Waals surface area (Å²) in [5, 5.41) is 13.5. The van der Waals surface area contributed by atoms with Crippen LogP contribution in [0.4, 0.5) is 13.2 Å². The second-order valence-electron chi connectivity index (χ2n) is 11.0. The Morgan fingerprint density at radius 3 is 2.40 bits per heavy atom. The molecule has 2 fully saturated rings. The lowest BCUT2D eigenvalue weighted by atomic mass is 9.89. The van der Waals surface area contributed by atoms with Crippen molar-refractivity contribution in [2.45, 2.75) is 69.9 Å². The van der Waals surface area contributed by atoms with Gasteiger partial charge in [0.25, 0.3) is 5.56 Å². The van der Waals surface area contributed by atoms with Crippen molar-refractivity contribution in [1.29, 1.82) is 5.26 Å². The average molecular weight is 577 g/mol. The number of halogens is 3. The number of hydrogen-bond donors (Lipinski definition) is 0. The van der Waals surface area contributed by atoms with Gasteiger partial charge in [0.15, 0.2) is 11.5 Å². The van der Waals surface area contributed by atoms with Crippen LogP contribution in [-0.2, 0) is 28.5 Å². The molecule has 4 aromatic rings. The van der Waals surface area contributed by atoms with Gasteiger partial charge in [-0.05, 0) is 42.0 Å². The van der Waals surface area contributed by atoms with E-state index in [-0.39, 0.29) is 23.7 Å². The van der Waals surface area contributed by atoms with Gasteiger partial charge in [-0.25, -0.2) is 4.52 Å². The zero-order chi connectivity index (χ0) is 29.5. The fourth-order valence-electron chi connectivity index (χ4n) is 6.33. The fourth-order valence-corrected chi connectivity index (χ4v) is 6.33. The zero-order valence-corrected chi connectivity index (χ0v) is 23.3. The number of fused-ring (bicyclic) bond motifs is 1. The Kier molecular flexibility index (Phi) is 7.41. The molecule has 0 unspecified atom stereocenters. The molecule has 1 saturated heterocycles. The maximum absolute atomic E-state index is 14.3. The Morgan fingerprint density at radius 2 is 1.76 bits per heavy atom. The van der Waals surface area contributed by atoms with Crippen molar-refractivity contribution in [3.63, 3.8) is 0 Å². The van der Waals surface area contributed by atoms with E-state index in [9.17, 15) is 23.2 Å². The zero-order valence-electron chi connectivity index (χ0n) is 23.3. The van der Waals surface area contributed by atoms with Gasteiger partial charge in [-0.3, -0.25) is 9.36 Å². The smallest absolute Gasteiger partial charge is 0.348 e. The first-order chi connectivity index (χ1) is 20.2. The van der Waals surface area contributed by atoms with Crippen molar-refractivity contribution < 1.29 is 22.6 Å². The predicted molar refractivity (Wildman–Crippen MR) is 150 cm³/mol. The lowest BCUT2D eigenvalue weighted by Gasteiger charge is -2.36. The van der Waals surface area contributed by atoms with Crippen molar-refractivity contribution in [2.24, 2.45) is 0 Å². The van der Waals surface area contributed by atoms with E-state index in [2.05, 4.69) is 11.2 Å². The van der Waals surface area contributed by atoms with Crippen molar-refractivity contribution >= 4 is 5.65 Å². The first-order valence-electron chi connectivity index (χ1n) is 14.3. The summed E-state index contributed by atoms with van der Waals surface area (Å²) in [5.41, 5.74) is 2.89. The molecule has 2 aliphatic rings. The normalized spacial score (nSPS) is 17.2. The van der Waals surface area contributed by atoms with E-state index in [1.165, 1.54) is 9.08 Å². The minimum absolute atomic E-state index is 0.164. The summed E-state index contributed by atoms with van der Waals surface area (Å²) in [5.74, 6) is -0.662. The lowest BCUT2D eigenvalue weighted by Crippen LogP contribution is -2.39. The number of alkyl halides is 3. The van der Waals surface area contributed by atoms with Crippen LogP contribution in [0.3, 0.4) is 0 Å². The molecule has 10 heteroatoms. The second-order valence-corrected chi connectivity index (χ2v) is 11.0. The van der Waals surface area contributed by atoms with Crippen molar-refractivity contribution in [3.05, 3.63) is 93.0 Å². The van der Waals surface area contributed by atoms with Crippen LogP contribution in [0.1, 0.15) is 73.1 Å². The molecule has 0 atom stereocenters. The van der Waals surface area contributed by atoms with Crippen LogP contribution >= 0.6 is 0 Å². The highest BCUT2D eigenvalue weighted by atomic mass is 19.4. The molecule has 0 N–H and O–H groups in total. The minimum Gasteiger partial charge on any atom is -0.348 e. The highest BCUT2D eigenvalue weighted by molar-refractivity contribution is 5.70. The number of ether oxygens (including phenoxy) is 2. The molecule has 0 amide bonds. The fraction of sp³-hybridized carbons (Fsp3) is 0.406. The molecule has 6 rings (SSSR count). The van der Waals surface area contributed by atoms with Gasteiger partial charge in [-0.2, -0.15) is 23.5 Å². The monoisotopic (exact) mass is 576 g/mol. The molecule has 1 spiro atoms. The van der Waals surface area contributed by atoms with Crippen molar-refractivity contribution in [3.8, 4) is 17.2 Å². The highest BCUT2D eigenvalue weighted by Gasteiger charge is 2.42. The van der Waals surface area contributed by atoms with Crippen LogP contribution < -0.4 is 5.56 Å². The Balaban J connectivity index is 1.44. The van der Waals surface area contributed by atoms with E-state index in [4.69, 9.17) is 9.47 Å².